The third-order valence-electron chi connectivity index (χ3n) is 2.32. The Morgan fingerprint density at radius 3 is 2.53 bits per heavy atom. The molecule has 0 amide bonds. The van der Waals surface area contributed by atoms with Crippen LogP contribution in [0, 0.1) is 6.92 Å². The number of carbonyl (C=O) groups excluding carboxylic acids is 2. The Hall–Kier alpha value is -1.35. The second-order valence-corrected chi connectivity index (χ2v) is 5.03. The molecule has 0 radical (unpaired) electrons. The van der Waals surface area contributed by atoms with Gasteiger partial charge in [0.1, 0.15) is 0 Å². The molecule has 0 heterocycles. The van der Waals surface area contributed by atoms with Crippen molar-refractivity contribution in [3.8, 4) is 0 Å². The molecule has 0 aliphatic heterocycles. The quantitative estimate of drug-likeness (QED) is 0.765. The van der Waals surface area contributed by atoms with E-state index in [4.69, 9.17) is 0 Å². The van der Waals surface area contributed by atoms with E-state index in [1.54, 1.807) is 13.8 Å². The van der Waals surface area contributed by atoms with Gasteiger partial charge in [-0.25, -0.2) is 0 Å². The van der Waals surface area contributed by atoms with Gasteiger partial charge in [0, 0.05) is 18.2 Å². The Kier molecular flexibility index (Phi) is 5.16. The molecule has 1 rings (SSSR count). The maximum absolute atomic E-state index is 11.3. The summed E-state index contributed by atoms with van der Waals surface area (Å²) < 4.78 is 0. The van der Waals surface area contributed by atoms with Crippen LogP contribution in [0.25, 0.3) is 6.08 Å². The van der Waals surface area contributed by atoms with E-state index in [0.29, 0.717) is 5.75 Å². The lowest BCUT2D eigenvalue weighted by molar-refractivity contribution is -0.109. The zero-order valence-electron chi connectivity index (χ0n) is 10.3. The van der Waals surface area contributed by atoms with Gasteiger partial charge in [-0.05, 0) is 25.0 Å². The Morgan fingerprint density at radius 2 is 2.00 bits per heavy atom. The first-order valence-corrected chi connectivity index (χ1v) is 6.40. The van der Waals surface area contributed by atoms with Crippen LogP contribution in [0.2, 0.25) is 0 Å². The van der Waals surface area contributed by atoms with Gasteiger partial charge in [0.25, 0.3) is 0 Å². The molecule has 17 heavy (non-hydrogen) atoms. The molecule has 0 bridgehead atoms. The van der Waals surface area contributed by atoms with Crippen LogP contribution in [0.1, 0.15) is 35.3 Å². The monoisotopic (exact) mass is 248 g/mol. The molecule has 3 heteroatoms. The summed E-state index contributed by atoms with van der Waals surface area (Å²) >= 11 is 1.28. The smallest absolute Gasteiger partial charge is 0.186 e. The Labute approximate surface area is 106 Å². The second kappa shape index (κ2) is 6.40. The molecule has 90 valence electrons. The minimum absolute atomic E-state index is 0.0881. The third kappa shape index (κ3) is 4.57. The van der Waals surface area contributed by atoms with Crippen molar-refractivity contribution in [3.05, 3.63) is 41.0 Å². The summed E-state index contributed by atoms with van der Waals surface area (Å²) in [6, 6.07) is 5.74. The SMILES string of the molecule is CC(=O)SCC=Cc1ccc(C(C)=O)c(C)c1. The van der Waals surface area contributed by atoms with Crippen LogP contribution in [0.4, 0.5) is 0 Å². The molecule has 0 aliphatic carbocycles. The summed E-state index contributed by atoms with van der Waals surface area (Å²) in [6.45, 7) is 5.06. The number of hydrogen-bond donors (Lipinski definition) is 0. The van der Waals surface area contributed by atoms with E-state index in [-0.39, 0.29) is 10.9 Å². The predicted octanol–water partition coefficient (Wildman–Crippen LogP) is 3.49. The van der Waals surface area contributed by atoms with Crippen molar-refractivity contribution in [3.63, 3.8) is 0 Å². The van der Waals surface area contributed by atoms with Gasteiger partial charge in [-0.15, -0.1) is 0 Å². The molecule has 2 nitrogen and oxygen atoms in total. The Morgan fingerprint density at radius 1 is 1.29 bits per heavy atom. The van der Waals surface area contributed by atoms with Gasteiger partial charge in [-0.1, -0.05) is 42.1 Å². The van der Waals surface area contributed by atoms with Crippen LogP contribution < -0.4 is 0 Å². The molecule has 1 aromatic rings. The number of carbonyl (C=O) groups is 2. The van der Waals surface area contributed by atoms with Gasteiger partial charge in [0.15, 0.2) is 10.9 Å². The number of ketones is 1. The first kappa shape index (κ1) is 13.7. The minimum Gasteiger partial charge on any atom is -0.295 e. The largest absolute Gasteiger partial charge is 0.295 e. The highest BCUT2D eigenvalue weighted by Gasteiger charge is 2.02. The van der Waals surface area contributed by atoms with Crippen molar-refractivity contribution in [2.24, 2.45) is 0 Å². The minimum atomic E-state index is 0.0881. The number of aryl methyl sites for hydroxylation is 1. The highest BCUT2D eigenvalue weighted by atomic mass is 32.2. The molecule has 0 saturated carbocycles. The van der Waals surface area contributed by atoms with Crippen molar-refractivity contribution in [1.82, 2.24) is 0 Å². The van der Waals surface area contributed by atoms with Crippen LogP contribution in [0.3, 0.4) is 0 Å². The van der Waals surface area contributed by atoms with E-state index in [2.05, 4.69) is 0 Å². The van der Waals surface area contributed by atoms with Gasteiger partial charge in [0.2, 0.25) is 0 Å². The van der Waals surface area contributed by atoms with Gasteiger partial charge >= 0.3 is 0 Å². The van der Waals surface area contributed by atoms with Gasteiger partial charge in [0.05, 0.1) is 0 Å². The van der Waals surface area contributed by atoms with E-state index in [1.807, 2.05) is 37.3 Å². The zero-order valence-corrected chi connectivity index (χ0v) is 11.1. The molecule has 0 fully saturated rings. The highest BCUT2D eigenvalue weighted by molar-refractivity contribution is 8.13. The molecular weight excluding hydrogens is 232 g/mol. The van der Waals surface area contributed by atoms with E-state index in [1.165, 1.54) is 11.8 Å². The fraction of sp³-hybridized carbons (Fsp3) is 0.286. The zero-order chi connectivity index (χ0) is 12.8. The average Bonchev–Trinajstić information content (AvgIpc) is 2.23. The standard InChI is InChI=1S/C14H16O2S/c1-10-9-13(5-4-8-17-12(3)16)6-7-14(10)11(2)15/h4-7,9H,8H2,1-3H3. The summed E-state index contributed by atoms with van der Waals surface area (Å²) in [5.41, 5.74) is 2.80. The molecule has 0 atom stereocenters. The second-order valence-electron chi connectivity index (χ2n) is 3.84. The Bertz CT molecular complexity index is 461. The van der Waals surface area contributed by atoms with Crippen molar-refractivity contribution in [1.29, 1.82) is 0 Å². The summed E-state index contributed by atoms with van der Waals surface area (Å²) in [5.74, 6) is 0.771. The van der Waals surface area contributed by atoms with Crippen LogP contribution in [0.5, 0.6) is 0 Å². The summed E-state index contributed by atoms with van der Waals surface area (Å²) in [6.07, 6.45) is 3.92. The van der Waals surface area contributed by atoms with Gasteiger partial charge in [-0.3, -0.25) is 9.59 Å². The lowest BCUT2D eigenvalue weighted by Crippen LogP contribution is -1.95. The topological polar surface area (TPSA) is 34.1 Å². The first-order valence-electron chi connectivity index (χ1n) is 5.42. The van der Waals surface area contributed by atoms with Crippen molar-refractivity contribution in [2.45, 2.75) is 20.8 Å². The molecule has 1 aromatic carbocycles. The molecule has 0 saturated heterocycles. The highest BCUT2D eigenvalue weighted by Crippen LogP contribution is 2.13. The lowest BCUT2D eigenvalue weighted by Gasteiger charge is -2.02. The molecular formula is C14H16O2S. The maximum atomic E-state index is 11.3. The molecule has 0 aromatic heterocycles. The molecule has 0 aliphatic rings. The fourth-order valence-corrected chi connectivity index (χ4v) is 1.96. The van der Waals surface area contributed by atoms with Gasteiger partial charge < -0.3 is 0 Å². The molecule has 0 N–H and O–H groups in total. The predicted molar refractivity (Wildman–Crippen MR) is 73.4 cm³/mol. The average molecular weight is 248 g/mol. The maximum Gasteiger partial charge on any atom is 0.186 e. The lowest BCUT2D eigenvalue weighted by atomic mass is 10.0. The van der Waals surface area contributed by atoms with Crippen LogP contribution in [-0.2, 0) is 4.79 Å². The summed E-state index contributed by atoms with van der Waals surface area (Å²) in [5, 5.41) is 0.123. The number of rotatable bonds is 4. The van der Waals surface area contributed by atoms with Crippen LogP contribution >= 0.6 is 11.8 Å². The Balaban J connectivity index is 2.70. The number of hydrogen-bond acceptors (Lipinski definition) is 3. The van der Waals surface area contributed by atoms with Crippen LogP contribution in [-0.4, -0.2) is 16.7 Å². The molecule has 0 unspecified atom stereocenters. The van der Waals surface area contributed by atoms with E-state index >= 15 is 0 Å². The normalized spacial score (nSPS) is 10.8. The fourth-order valence-electron chi connectivity index (χ4n) is 1.54. The number of Topliss-reactive ketones (excluding diaryl/α,β-unsaturated/α-hetero) is 1. The van der Waals surface area contributed by atoms with Crippen LogP contribution in [0.15, 0.2) is 24.3 Å². The molecule has 0 spiro atoms. The number of thioether (sulfide) groups is 1. The van der Waals surface area contributed by atoms with Gasteiger partial charge in [-0.2, -0.15) is 0 Å². The number of benzene rings is 1. The third-order valence-corrected chi connectivity index (χ3v) is 3.09. The van der Waals surface area contributed by atoms with E-state index in [0.717, 1.165) is 16.7 Å². The van der Waals surface area contributed by atoms with Crippen molar-refractivity contribution >= 4 is 28.7 Å². The van der Waals surface area contributed by atoms with Crippen molar-refractivity contribution in [2.75, 3.05) is 5.75 Å². The van der Waals surface area contributed by atoms with Crippen molar-refractivity contribution < 1.29 is 9.59 Å². The first-order chi connectivity index (χ1) is 8.00. The summed E-state index contributed by atoms with van der Waals surface area (Å²) in [4.78, 5) is 22.0. The van der Waals surface area contributed by atoms with E-state index < -0.39 is 0 Å². The summed E-state index contributed by atoms with van der Waals surface area (Å²) in [7, 11) is 0. The van der Waals surface area contributed by atoms with E-state index in [9.17, 15) is 9.59 Å².